The molecule has 0 atom stereocenters. The van der Waals surface area contributed by atoms with E-state index in [9.17, 15) is 9.90 Å². The van der Waals surface area contributed by atoms with Crippen LogP contribution in [0.3, 0.4) is 0 Å². The van der Waals surface area contributed by atoms with Crippen LogP contribution in [0.1, 0.15) is 15.9 Å². The van der Waals surface area contributed by atoms with Crippen LogP contribution < -0.4 is 14.8 Å². The van der Waals surface area contributed by atoms with Crippen molar-refractivity contribution < 1.29 is 19.4 Å². The zero-order valence-corrected chi connectivity index (χ0v) is 11.9. The Labute approximate surface area is 123 Å². The first-order chi connectivity index (χ1) is 10.2. The first kappa shape index (κ1) is 14.7. The van der Waals surface area contributed by atoms with E-state index in [4.69, 9.17) is 9.47 Å². The van der Waals surface area contributed by atoms with Crippen molar-refractivity contribution in [3.05, 3.63) is 53.6 Å². The van der Waals surface area contributed by atoms with Gasteiger partial charge in [0.1, 0.15) is 0 Å². The van der Waals surface area contributed by atoms with Crippen molar-refractivity contribution in [3.63, 3.8) is 0 Å². The lowest BCUT2D eigenvalue weighted by atomic mass is 10.1. The molecule has 110 valence electrons. The molecule has 0 aliphatic rings. The lowest BCUT2D eigenvalue weighted by molar-refractivity contribution is 0.0951. The Morgan fingerprint density at radius 3 is 2.19 bits per heavy atom. The number of ether oxygens (including phenoxy) is 2. The van der Waals surface area contributed by atoms with Crippen molar-refractivity contribution in [1.29, 1.82) is 0 Å². The summed E-state index contributed by atoms with van der Waals surface area (Å²) >= 11 is 0. The van der Waals surface area contributed by atoms with Crippen LogP contribution in [0.25, 0.3) is 0 Å². The van der Waals surface area contributed by atoms with Crippen LogP contribution >= 0.6 is 0 Å². The lowest BCUT2D eigenvalue weighted by Crippen LogP contribution is -2.22. The Balaban J connectivity index is 2.11. The highest BCUT2D eigenvalue weighted by Gasteiger charge is 2.12. The van der Waals surface area contributed by atoms with Crippen LogP contribution in [0, 0.1) is 0 Å². The Bertz CT molecular complexity index is 600. The van der Waals surface area contributed by atoms with E-state index in [0.717, 1.165) is 5.56 Å². The summed E-state index contributed by atoms with van der Waals surface area (Å²) in [6, 6.07) is 12.3. The Morgan fingerprint density at radius 1 is 1.10 bits per heavy atom. The number of amides is 1. The summed E-state index contributed by atoms with van der Waals surface area (Å²) in [6.07, 6.45) is 0. The fraction of sp³-hybridized carbons (Fsp3) is 0.188. The second-order valence-electron chi connectivity index (χ2n) is 4.40. The summed E-state index contributed by atoms with van der Waals surface area (Å²) in [6.45, 7) is 0.306. The topological polar surface area (TPSA) is 67.8 Å². The van der Waals surface area contributed by atoms with Crippen molar-refractivity contribution in [2.75, 3.05) is 14.2 Å². The first-order valence-electron chi connectivity index (χ1n) is 6.42. The van der Waals surface area contributed by atoms with Crippen LogP contribution in [0.5, 0.6) is 17.2 Å². The highest BCUT2D eigenvalue weighted by atomic mass is 16.5. The van der Waals surface area contributed by atoms with Gasteiger partial charge in [-0.1, -0.05) is 18.2 Å². The predicted octanol–water partition coefficient (Wildman–Crippen LogP) is 2.34. The summed E-state index contributed by atoms with van der Waals surface area (Å²) in [7, 11) is 2.92. The molecule has 0 fully saturated rings. The van der Waals surface area contributed by atoms with Gasteiger partial charge < -0.3 is 19.9 Å². The van der Waals surface area contributed by atoms with Crippen LogP contribution in [-0.4, -0.2) is 25.2 Å². The lowest BCUT2D eigenvalue weighted by Gasteiger charge is -2.12. The van der Waals surface area contributed by atoms with Gasteiger partial charge >= 0.3 is 0 Å². The van der Waals surface area contributed by atoms with E-state index in [1.165, 1.54) is 14.2 Å². The molecule has 0 saturated heterocycles. The number of carbonyl (C=O) groups is 1. The van der Waals surface area contributed by atoms with Crippen molar-refractivity contribution in [2.24, 2.45) is 0 Å². The maximum atomic E-state index is 12.0. The summed E-state index contributed by atoms with van der Waals surface area (Å²) in [5.74, 6) is 0.386. The first-order valence-corrected chi connectivity index (χ1v) is 6.42. The van der Waals surface area contributed by atoms with Crippen LogP contribution in [0.4, 0.5) is 0 Å². The number of hydrogen-bond donors (Lipinski definition) is 2. The molecule has 2 rings (SSSR count). The average Bonchev–Trinajstić information content (AvgIpc) is 2.54. The molecule has 2 aromatic carbocycles. The zero-order chi connectivity index (χ0) is 15.2. The van der Waals surface area contributed by atoms with E-state index in [2.05, 4.69) is 5.32 Å². The van der Waals surface area contributed by atoms with E-state index in [0.29, 0.717) is 23.6 Å². The molecule has 0 saturated carbocycles. The number of rotatable bonds is 5. The molecule has 0 aliphatic heterocycles. The van der Waals surface area contributed by atoms with Crippen molar-refractivity contribution in [1.82, 2.24) is 5.32 Å². The van der Waals surface area contributed by atoms with Gasteiger partial charge in [-0.15, -0.1) is 0 Å². The van der Waals surface area contributed by atoms with Crippen molar-refractivity contribution >= 4 is 5.91 Å². The van der Waals surface area contributed by atoms with Crippen LogP contribution in [0.15, 0.2) is 42.5 Å². The minimum Gasteiger partial charge on any atom is -0.502 e. The van der Waals surface area contributed by atoms with E-state index in [1.807, 2.05) is 18.2 Å². The van der Waals surface area contributed by atoms with Gasteiger partial charge in [0.2, 0.25) is 5.75 Å². The molecule has 0 aromatic heterocycles. The number of phenols is 1. The van der Waals surface area contributed by atoms with Gasteiger partial charge in [-0.25, -0.2) is 0 Å². The third-order valence-electron chi connectivity index (χ3n) is 3.03. The monoisotopic (exact) mass is 287 g/mol. The normalized spacial score (nSPS) is 10.0. The fourth-order valence-electron chi connectivity index (χ4n) is 1.92. The van der Waals surface area contributed by atoms with Crippen molar-refractivity contribution in [2.45, 2.75) is 6.54 Å². The number of carbonyl (C=O) groups excluding carboxylic acids is 1. The average molecular weight is 287 g/mol. The molecule has 0 heterocycles. The number of benzene rings is 2. The molecule has 0 unspecified atom stereocenters. The molecule has 5 heteroatoms. The third kappa shape index (κ3) is 3.45. The van der Waals surface area contributed by atoms with Crippen molar-refractivity contribution in [3.8, 4) is 17.2 Å². The summed E-state index contributed by atoms with van der Waals surface area (Å²) < 4.78 is 10.2. The Kier molecular flexibility index (Phi) is 4.66. The summed E-state index contributed by atoms with van der Waals surface area (Å²) in [5, 5.41) is 12.6. The minimum atomic E-state index is -0.165. The highest BCUT2D eigenvalue weighted by Crippen LogP contribution is 2.36. The number of aromatic hydroxyl groups is 1. The molecule has 1 amide bonds. The molecule has 2 aromatic rings. The number of phenolic OH excluding ortho intramolecular Hbond substituents is 1. The van der Waals surface area contributed by atoms with Crippen LogP contribution in [0.2, 0.25) is 0 Å². The molecule has 2 N–H and O–H groups in total. The van der Waals surface area contributed by atoms with Gasteiger partial charge in [-0.05, 0) is 29.8 Å². The second-order valence-corrected chi connectivity index (χ2v) is 4.40. The fourth-order valence-corrected chi connectivity index (χ4v) is 1.92. The van der Waals surface area contributed by atoms with E-state index < -0.39 is 0 Å². The molecule has 0 bridgehead atoms. The molecule has 0 radical (unpaired) electrons. The van der Waals surface area contributed by atoms with E-state index >= 15 is 0 Å². The Hall–Kier alpha value is -2.69. The molecule has 0 aliphatic carbocycles. The second kappa shape index (κ2) is 6.65. The minimum absolute atomic E-state index is 0.0573. The zero-order valence-electron chi connectivity index (χ0n) is 11.9. The third-order valence-corrected chi connectivity index (χ3v) is 3.03. The number of hydrogen-bond acceptors (Lipinski definition) is 4. The standard InChI is InChI=1S/C16H17NO4/c1-20-13-8-11(9-14(21-2)15(13)18)10-17-16(19)12-6-4-3-5-7-12/h3-9,18H,10H2,1-2H3,(H,17,19). The summed E-state index contributed by atoms with van der Waals surface area (Å²) in [4.78, 5) is 12.0. The van der Waals surface area contributed by atoms with Crippen LogP contribution in [-0.2, 0) is 6.54 Å². The van der Waals surface area contributed by atoms with Gasteiger partial charge in [0.25, 0.3) is 5.91 Å². The summed E-state index contributed by atoms with van der Waals surface area (Å²) in [5.41, 5.74) is 1.36. The largest absolute Gasteiger partial charge is 0.502 e. The highest BCUT2D eigenvalue weighted by molar-refractivity contribution is 5.94. The molecule has 5 nitrogen and oxygen atoms in total. The van der Waals surface area contributed by atoms with Gasteiger partial charge in [0.15, 0.2) is 11.5 Å². The van der Waals surface area contributed by atoms with E-state index in [1.54, 1.807) is 24.3 Å². The maximum absolute atomic E-state index is 12.0. The molecule has 21 heavy (non-hydrogen) atoms. The van der Waals surface area contributed by atoms with Gasteiger partial charge in [0.05, 0.1) is 14.2 Å². The molecular formula is C16H17NO4. The predicted molar refractivity (Wildman–Crippen MR) is 78.8 cm³/mol. The quantitative estimate of drug-likeness (QED) is 0.885. The van der Waals surface area contributed by atoms with E-state index in [-0.39, 0.29) is 11.7 Å². The SMILES string of the molecule is COc1cc(CNC(=O)c2ccccc2)cc(OC)c1O. The van der Waals surface area contributed by atoms with Gasteiger partial charge in [0, 0.05) is 12.1 Å². The smallest absolute Gasteiger partial charge is 0.251 e. The van der Waals surface area contributed by atoms with Gasteiger partial charge in [-0.3, -0.25) is 4.79 Å². The number of nitrogens with one attached hydrogen (secondary N) is 1. The molecular weight excluding hydrogens is 270 g/mol. The number of methoxy groups -OCH3 is 2. The van der Waals surface area contributed by atoms with Gasteiger partial charge in [-0.2, -0.15) is 0 Å². The maximum Gasteiger partial charge on any atom is 0.251 e. The molecule has 0 spiro atoms. The Morgan fingerprint density at radius 2 is 1.67 bits per heavy atom.